The molecule has 0 bridgehead atoms. The fraction of sp³-hybridized carbons (Fsp3) is 0.833. The molecule has 6 heteroatoms. The van der Waals surface area contributed by atoms with Gasteiger partial charge in [-0.25, -0.2) is 0 Å². The molecule has 0 amide bonds. The van der Waals surface area contributed by atoms with Crippen molar-refractivity contribution in [1.29, 1.82) is 0 Å². The highest BCUT2D eigenvalue weighted by Crippen LogP contribution is 2.25. The summed E-state index contributed by atoms with van der Waals surface area (Å²) < 4.78 is 0. The Hall–Kier alpha value is 1.39. The standard InChI is InChI=1S/C6H8Br4O2/c7-2-1-3(8)4(9)5(10)6(11)12/h3-5H,1-2H2,(H,11,12). The molecule has 0 radical (unpaired) electrons. The fourth-order valence-electron chi connectivity index (χ4n) is 0.583. The Morgan fingerprint density at radius 3 is 2.17 bits per heavy atom. The zero-order chi connectivity index (χ0) is 9.72. The van der Waals surface area contributed by atoms with Gasteiger partial charge in [-0.3, -0.25) is 4.79 Å². The summed E-state index contributed by atoms with van der Waals surface area (Å²) in [7, 11) is 0. The van der Waals surface area contributed by atoms with Crippen LogP contribution in [0.25, 0.3) is 0 Å². The van der Waals surface area contributed by atoms with Gasteiger partial charge in [-0.05, 0) is 6.42 Å². The number of hydrogen-bond acceptors (Lipinski definition) is 1. The summed E-state index contributed by atoms with van der Waals surface area (Å²) >= 11 is 13.1. The van der Waals surface area contributed by atoms with Crippen LogP contribution in [0.2, 0.25) is 0 Å². The average molecular weight is 432 g/mol. The summed E-state index contributed by atoms with van der Waals surface area (Å²) in [4.78, 5) is 10.0. The van der Waals surface area contributed by atoms with Crippen molar-refractivity contribution in [2.45, 2.75) is 20.9 Å². The molecule has 3 unspecified atom stereocenters. The van der Waals surface area contributed by atoms with Crippen LogP contribution in [0, 0.1) is 0 Å². The Bertz CT molecular complexity index is 152. The van der Waals surface area contributed by atoms with E-state index in [1.165, 1.54) is 0 Å². The lowest BCUT2D eigenvalue weighted by Gasteiger charge is -2.17. The van der Waals surface area contributed by atoms with Crippen molar-refractivity contribution in [3.8, 4) is 0 Å². The van der Waals surface area contributed by atoms with E-state index in [0.717, 1.165) is 11.8 Å². The van der Waals surface area contributed by atoms with Gasteiger partial charge < -0.3 is 5.11 Å². The number of aliphatic carboxylic acids is 1. The van der Waals surface area contributed by atoms with Gasteiger partial charge in [0.1, 0.15) is 4.83 Å². The number of carboxylic acid groups (broad SMARTS) is 1. The minimum Gasteiger partial charge on any atom is -0.480 e. The lowest BCUT2D eigenvalue weighted by Crippen LogP contribution is -2.30. The molecule has 0 aliphatic rings. The highest BCUT2D eigenvalue weighted by molar-refractivity contribution is 9.14. The SMILES string of the molecule is O=C(O)C(Br)C(Br)C(Br)CCBr. The molecule has 0 rings (SSSR count). The lowest BCUT2D eigenvalue weighted by molar-refractivity contribution is -0.136. The summed E-state index contributed by atoms with van der Waals surface area (Å²) in [5.41, 5.74) is 0. The quantitative estimate of drug-likeness (QED) is 0.679. The molecule has 1 N–H and O–H groups in total. The lowest BCUT2D eigenvalue weighted by atomic mass is 10.2. The first-order valence-electron chi connectivity index (χ1n) is 3.21. The fourth-order valence-corrected chi connectivity index (χ4v) is 3.49. The van der Waals surface area contributed by atoms with Crippen LogP contribution in [0.3, 0.4) is 0 Å². The molecule has 12 heavy (non-hydrogen) atoms. The number of alkyl halides is 4. The van der Waals surface area contributed by atoms with E-state index in [2.05, 4.69) is 63.7 Å². The van der Waals surface area contributed by atoms with Gasteiger partial charge >= 0.3 is 5.97 Å². The largest absolute Gasteiger partial charge is 0.480 e. The number of carboxylic acids is 1. The molecule has 0 saturated heterocycles. The molecule has 3 atom stereocenters. The van der Waals surface area contributed by atoms with E-state index >= 15 is 0 Å². The maximum atomic E-state index is 10.5. The maximum Gasteiger partial charge on any atom is 0.318 e. The summed E-state index contributed by atoms with van der Waals surface area (Å²) in [6, 6.07) is 0. The molecule has 2 nitrogen and oxygen atoms in total. The molecule has 0 aromatic carbocycles. The van der Waals surface area contributed by atoms with E-state index in [1.807, 2.05) is 0 Å². The van der Waals surface area contributed by atoms with E-state index in [1.54, 1.807) is 0 Å². The van der Waals surface area contributed by atoms with Crippen LogP contribution in [0.15, 0.2) is 0 Å². The van der Waals surface area contributed by atoms with E-state index < -0.39 is 10.8 Å². The van der Waals surface area contributed by atoms with Crippen molar-refractivity contribution in [1.82, 2.24) is 0 Å². The molecule has 0 heterocycles. The van der Waals surface area contributed by atoms with Gasteiger partial charge in [0.15, 0.2) is 0 Å². The van der Waals surface area contributed by atoms with Crippen LogP contribution in [-0.2, 0) is 4.79 Å². The summed E-state index contributed by atoms with van der Waals surface area (Å²) in [5, 5.41) is 9.51. The number of hydrogen-bond donors (Lipinski definition) is 1. The molecule has 72 valence electrons. The Balaban J connectivity index is 3.99. The van der Waals surface area contributed by atoms with E-state index in [4.69, 9.17) is 5.11 Å². The maximum absolute atomic E-state index is 10.5. The van der Waals surface area contributed by atoms with Crippen molar-refractivity contribution >= 4 is 69.7 Å². The van der Waals surface area contributed by atoms with Crippen molar-refractivity contribution in [3.63, 3.8) is 0 Å². The normalized spacial score (nSPS) is 18.3. The number of carbonyl (C=O) groups is 1. The predicted octanol–water partition coefficient (Wildman–Crippen LogP) is 3.15. The van der Waals surface area contributed by atoms with Crippen LogP contribution in [0.1, 0.15) is 6.42 Å². The van der Waals surface area contributed by atoms with Gasteiger partial charge in [0, 0.05) is 10.2 Å². The van der Waals surface area contributed by atoms with Crippen LogP contribution < -0.4 is 0 Å². The minimum absolute atomic E-state index is 0.104. The molecule has 0 spiro atoms. The third-order valence-corrected chi connectivity index (χ3v) is 6.28. The Morgan fingerprint density at radius 1 is 1.33 bits per heavy atom. The van der Waals surface area contributed by atoms with Crippen LogP contribution >= 0.6 is 63.7 Å². The summed E-state index contributed by atoms with van der Waals surface area (Å²) in [6.07, 6.45) is 0.880. The average Bonchev–Trinajstić information content (AvgIpc) is 2.02. The Morgan fingerprint density at radius 2 is 1.83 bits per heavy atom. The topological polar surface area (TPSA) is 37.3 Å². The smallest absolute Gasteiger partial charge is 0.318 e. The van der Waals surface area contributed by atoms with E-state index in [-0.39, 0.29) is 9.65 Å². The van der Waals surface area contributed by atoms with Crippen molar-refractivity contribution in [3.05, 3.63) is 0 Å². The highest BCUT2D eigenvalue weighted by atomic mass is 79.9. The minimum atomic E-state index is -0.851. The summed E-state index contributed by atoms with van der Waals surface area (Å²) in [5.74, 6) is -0.851. The van der Waals surface area contributed by atoms with Gasteiger partial charge in [0.2, 0.25) is 0 Å². The van der Waals surface area contributed by atoms with Crippen LogP contribution in [-0.4, -0.2) is 30.9 Å². The first kappa shape index (κ1) is 13.4. The molecule has 0 aromatic heterocycles. The molecular weight excluding hydrogens is 424 g/mol. The van der Waals surface area contributed by atoms with Gasteiger partial charge in [-0.1, -0.05) is 63.7 Å². The molecule has 0 aromatic rings. The third-order valence-electron chi connectivity index (χ3n) is 1.25. The number of halogens is 4. The van der Waals surface area contributed by atoms with E-state index in [9.17, 15) is 4.79 Å². The van der Waals surface area contributed by atoms with Gasteiger partial charge in [0.25, 0.3) is 0 Å². The van der Waals surface area contributed by atoms with Crippen LogP contribution in [0.4, 0.5) is 0 Å². The zero-order valence-electron chi connectivity index (χ0n) is 6.01. The molecule has 0 saturated carbocycles. The van der Waals surface area contributed by atoms with Crippen molar-refractivity contribution in [2.24, 2.45) is 0 Å². The molecule has 0 aliphatic heterocycles. The molecule has 0 aliphatic carbocycles. The molecular formula is C6H8Br4O2. The first-order chi connectivity index (χ1) is 5.50. The van der Waals surface area contributed by atoms with Gasteiger partial charge in [0.05, 0.1) is 4.83 Å². The third kappa shape index (κ3) is 4.58. The molecule has 0 fully saturated rings. The highest BCUT2D eigenvalue weighted by Gasteiger charge is 2.28. The monoisotopic (exact) mass is 428 g/mol. The Kier molecular flexibility index (Phi) is 7.57. The van der Waals surface area contributed by atoms with Crippen molar-refractivity contribution in [2.75, 3.05) is 5.33 Å². The second-order valence-electron chi connectivity index (χ2n) is 2.18. The van der Waals surface area contributed by atoms with Gasteiger partial charge in [-0.15, -0.1) is 0 Å². The second-order valence-corrected chi connectivity index (χ2v) is 6.19. The second kappa shape index (κ2) is 6.79. The Labute approximate surface area is 105 Å². The predicted molar refractivity (Wildman–Crippen MR) is 64.2 cm³/mol. The van der Waals surface area contributed by atoms with Crippen molar-refractivity contribution < 1.29 is 9.90 Å². The first-order valence-corrected chi connectivity index (χ1v) is 7.08. The number of rotatable bonds is 5. The zero-order valence-corrected chi connectivity index (χ0v) is 12.4. The van der Waals surface area contributed by atoms with Gasteiger partial charge in [-0.2, -0.15) is 0 Å². The van der Waals surface area contributed by atoms with Crippen LogP contribution in [0.5, 0.6) is 0 Å². The summed E-state index contributed by atoms with van der Waals surface area (Å²) in [6.45, 7) is 0. The van der Waals surface area contributed by atoms with E-state index in [0.29, 0.717) is 0 Å².